The molecule has 1 saturated heterocycles. The predicted octanol–water partition coefficient (Wildman–Crippen LogP) is 0.737. The number of carbonyl (C=O) groups is 2. The molecule has 1 heterocycles. The summed E-state index contributed by atoms with van der Waals surface area (Å²) in [5.74, 6) is -1.35. The standard InChI is InChI=1S/C21H25N3O7S2/c22-32(27,28)17-11-9-16(10-12-17)14-23-20(25)15-31-21(26)19-8-4-5-13-24(19)33(29,30)18-6-2-1-3-7-18/h1-3,6-7,9-12,19H,4-5,8,13-15H2,(H,23,25)(H2,22,27,28). The number of carbonyl (C=O) groups excluding carboxylic acids is 2. The monoisotopic (exact) mass is 495 g/mol. The van der Waals surface area contributed by atoms with Crippen molar-refractivity contribution in [2.24, 2.45) is 5.14 Å². The van der Waals surface area contributed by atoms with Gasteiger partial charge in [0.15, 0.2) is 6.61 Å². The predicted molar refractivity (Wildman–Crippen MR) is 119 cm³/mol. The number of benzene rings is 2. The lowest BCUT2D eigenvalue weighted by Gasteiger charge is -2.32. The molecule has 1 atom stereocenters. The highest BCUT2D eigenvalue weighted by Crippen LogP contribution is 2.26. The van der Waals surface area contributed by atoms with Crippen molar-refractivity contribution < 1.29 is 31.2 Å². The van der Waals surface area contributed by atoms with Crippen molar-refractivity contribution in [1.82, 2.24) is 9.62 Å². The zero-order valence-electron chi connectivity index (χ0n) is 17.7. The fourth-order valence-electron chi connectivity index (χ4n) is 3.44. The Kier molecular flexibility index (Phi) is 7.84. The van der Waals surface area contributed by atoms with E-state index in [-0.39, 0.29) is 22.9 Å². The van der Waals surface area contributed by atoms with Crippen LogP contribution in [0.15, 0.2) is 64.4 Å². The van der Waals surface area contributed by atoms with Crippen LogP contribution >= 0.6 is 0 Å². The summed E-state index contributed by atoms with van der Waals surface area (Å²) < 4.78 is 54.7. The Labute approximate surface area is 192 Å². The zero-order chi connectivity index (χ0) is 24.1. The van der Waals surface area contributed by atoms with Gasteiger partial charge in [-0.1, -0.05) is 30.3 Å². The van der Waals surface area contributed by atoms with Gasteiger partial charge in [0.05, 0.1) is 9.79 Å². The first-order chi connectivity index (χ1) is 15.6. The van der Waals surface area contributed by atoms with Crippen molar-refractivity contribution >= 4 is 31.9 Å². The Morgan fingerprint density at radius 3 is 2.27 bits per heavy atom. The third-order valence-electron chi connectivity index (χ3n) is 5.16. The van der Waals surface area contributed by atoms with E-state index in [1.54, 1.807) is 18.2 Å². The van der Waals surface area contributed by atoms with E-state index in [1.165, 1.54) is 36.4 Å². The first-order valence-electron chi connectivity index (χ1n) is 10.2. The van der Waals surface area contributed by atoms with Crippen LogP contribution in [0.25, 0.3) is 0 Å². The molecule has 0 bridgehead atoms. The van der Waals surface area contributed by atoms with Gasteiger partial charge in [0.25, 0.3) is 5.91 Å². The molecule has 0 radical (unpaired) electrons. The summed E-state index contributed by atoms with van der Waals surface area (Å²) in [5.41, 5.74) is 0.620. The van der Waals surface area contributed by atoms with Crippen LogP contribution < -0.4 is 10.5 Å². The number of amides is 1. The van der Waals surface area contributed by atoms with Crippen LogP contribution in [0.4, 0.5) is 0 Å². The summed E-state index contributed by atoms with van der Waals surface area (Å²) in [6, 6.07) is 12.5. The highest BCUT2D eigenvalue weighted by atomic mass is 32.2. The van der Waals surface area contributed by atoms with Crippen LogP contribution in [0.5, 0.6) is 0 Å². The zero-order valence-corrected chi connectivity index (χ0v) is 19.3. The molecule has 1 amide bonds. The quantitative estimate of drug-likeness (QED) is 0.512. The molecule has 1 unspecified atom stereocenters. The van der Waals surface area contributed by atoms with E-state index >= 15 is 0 Å². The van der Waals surface area contributed by atoms with Crippen molar-refractivity contribution in [3.05, 3.63) is 60.2 Å². The highest BCUT2D eigenvalue weighted by molar-refractivity contribution is 7.89. The van der Waals surface area contributed by atoms with E-state index < -0.39 is 44.6 Å². The fraction of sp³-hybridized carbons (Fsp3) is 0.333. The topological polar surface area (TPSA) is 153 Å². The molecule has 1 aliphatic rings. The number of rotatable bonds is 8. The molecule has 12 heteroatoms. The lowest BCUT2D eigenvalue weighted by atomic mass is 10.1. The molecule has 178 valence electrons. The van der Waals surface area contributed by atoms with Crippen LogP contribution in [-0.2, 0) is 40.9 Å². The van der Waals surface area contributed by atoms with Crippen LogP contribution in [0.1, 0.15) is 24.8 Å². The molecular formula is C21H25N3O7S2. The fourth-order valence-corrected chi connectivity index (χ4v) is 5.62. The van der Waals surface area contributed by atoms with Crippen molar-refractivity contribution in [2.75, 3.05) is 13.2 Å². The van der Waals surface area contributed by atoms with E-state index in [1.807, 2.05) is 0 Å². The third kappa shape index (κ3) is 6.38. The molecule has 33 heavy (non-hydrogen) atoms. The number of esters is 1. The molecule has 2 aromatic carbocycles. The number of hydrogen-bond acceptors (Lipinski definition) is 7. The van der Waals surface area contributed by atoms with E-state index in [4.69, 9.17) is 9.88 Å². The Morgan fingerprint density at radius 2 is 1.64 bits per heavy atom. The second kappa shape index (κ2) is 10.4. The number of primary sulfonamides is 1. The van der Waals surface area contributed by atoms with Crippen LogP contribution in [0.2, 0.25) is 0 Å². The molecule has 0 aliphatic carbocycles. The van der Waals surface area contributed by atoms with Crippen LogP contribution in [0.3, 0.4) is 0 Å². The lowest BCUT2D eigenvalue weighted by molar-refractivity contribution is -0.153. The number of hydrogen-bond donors (Lipinski definition) is 2. The minimum Gasteiger partial charge on any atom is -0.454 e. The van der Waals surface area contributed by atoms with Gasteiger partial charge >= 0.3 is 5.97 Å². The van der Waals surface area contributed by atoms with Gasteiger partial charge in [0.2, 0.25) is 20.0 Å². The third-order valence-corrected chi connectivity index (χ3v) is 8.01. The van der Waals surface area contributed by atoms with E-state index in [0.29, 0.717) is 24.8 Å². The first kappa shape index (κ1) is 24.8. The van der Waals surface area contributed by atoms with E-state index in [2.05, 4.69) is 5.32 Å². The first-order valence-corrected chi connectivity index (χ1v) is 13.2. The normalized spacial score (nSPS) is 17.3. The van der Waals surface area contributed by atoms with Gasteiger partial charge in [-0.05, 0) is 49.1 Å². The van der Waals surface area contributed by atoms with Gasteiger partial charge in [-0.15, -0.1) is 0 Å². The number of sulfonamides is 2. The van der Waals surface area contributed by atoms with Crippen molar-refractivity contribution in [1.29, 1.82) is 0 Å². The summed E-state index contributed by atoms with van der Waals surface area (Å²) in [6.45, 7) is -0.291. The van der Waals surface area contributed by atoms with Gasteiger partial charge < -0.3 is 10.1 Å². The molecule has 0 saturated carbocycles. The Morgan fingerprint density at radius 1 is 0.970 bits per heavy atom. The molecule has 1 aliphatic heterocycles. The van der Waals surface area contributed by atoms with Gasteiger partial charge in [-0.2, -0.15) is 4.31 Å². The lowest BCUT2D eigenvalue weighted by Crippen LogP contribution is -2.49. The van der Waals surface area contributed by atoms with Gasteiger partial charge in [-0.25, -0.2) is 22.0 Å². The molecule has 1 fully saturated rings. The average molecular weight is 496 g/mol. The molecular weight excluding hydrogens is 470 g/mol. The van der Waals surface area contributed by atoms with Gasteiger partial charge in [0.1, 0.15) is 6.04 Å². The number of nitrogens with one attached hydrogen (secondary N) is 1. The summed E-state index contributed by atoms with van der Waals surface area (Å²) in [7, 11) is -7.68. The average Bonchev–Trinajstić information content (AvgIpc) is 2.81. The van der Waals surface area contributed by atoms with Crippen LogP contribution in [0, 0.1) is 0 Å². The van der Waals surface area contributed by atoms with Crippen molar-refractivity contribution in [2.45, 2.75) is 41.6 Å². The van der Waals surface area contributed by atoms with E-state index in [9.17, 15) is 26.4 Å². The molecule has 0 spiro atoms. The Bertz CT molecular complexity index is 1200. The SMILES string of the molecule is NS(=O)(=O)c1ccc(CNC(=O)COC(=O)C2CCCCN2S(=O)(=O)c2ccccc2)cc1. The molecule has 10 nitrogen and oxygen atoms in total. The number of nitrogens with zero attached hydrogens (tertiary/aromatic N) is 1. The summed E-state index contributed by atoms with van der Waals surface area (Å²) >= 11 is 0. The maximum atomic E-state index is 13.0. The van der Waals surface area contributed by atoms with Crippen molar-refractivity contribution in [3.63, 3.8) is 0 Å². The molecule has 0 aromatic heterocycles. The minimum absolute atomic E-state index is 0.0472. The second-order valence-corrected chi connectivity index (χ2v) is 11.0. The highest BCUT2D eigenvalue weighted by Gasteiger charge is 2.38. The summed E-state index contributed by atoms with van der Waals surface area (Å²) in [5, 5.41) is 7.59. The second-order valence-electron chi connectivity index (χ2n) is 7.51. The Balaban J connectivity index is 1.56. The molecule has 3 N–H and O–H groups in total. The number of ether oxygens (including phenoxy) is 1. The molecule has 3 rings (SSSR count). The van der Waals surface area contributed by atoms with E-state index in [0.717, 1.165) is 4.31 Å². The largest absolute Gasteiger partial charge is 0.454 e. The molecule has 2 aromatic rings. The number of nitrogens with two attached hydrogens (primary N) is 1. The summed E-state index contributed by atoms with van der Waals surface area (Å²) in [6.07, 6.45) is 1.60. The number of piperidine rings is 1. The summed E-state index contributed by atoms with van der Waals surface area (Å²) in [4.78, 5) is 24.8. The van der Waals surface area contributed by atoms with Crippen LogP contribution in [-0.4, -0.2) is 52.2 Å². The van der Waals surface area contributed by atoms with Gasteiger partial charge in [0, 0.05) is 13.1 Å². The maximum Gasteiger partial charge on any atom is 0.324 e. The maximum absolute atomic E-state index is 13.0. The van der Waals surface area contributed by atoms with Gasteiger partial charge in [-0.3, -0.25) is 9.59 Å². The smallest absolute Gasteiger partial charge is 0.324 e. The minimum atomic E-state index is -3.87. The van der Waals surface area contributed by atoms with Crippen molar-refractivity contribution in [3.8, 4) is 0 Å². The Hall–Kier alpha value is -2.80.